The van der Waals surface area contributed by atoms with Crippen molar-refractivity contribution in [3.05, 3.63) is 39.8 Å². The summed E-state index contributed by atoms with van der Waals surface area (Å²) < 4.78 is 11.8. The number of nitrogens with zero attached hydrogens (tertiary/aromatic N) is 4. The molecule has 0 amide bonds. The Kier molecular flexibility index (Phi) is 4.11. The van der Waals surface area contributed by atoms with Crippen molar-refractivity contribution in [1.82, 2.24) is 19.8 Å². The van der Waals surface area contributed by atoms with Gasteiger partial charge in [0.1, 0.15) is 17.2 Å². The monoisotopic (exact) mass is 333 g/mol. The van der Waals surface area contributed by atoms with E-state index < -0.39 is 0 Å². The predicted octanol–water partition coefficient (Wildman–Crippen LogP) is 1.20. The van der Waals surface area contributed by atoms with E-state index in [1.54, 1.807) is 27.3 Å². The first-order chi connectivity index (χ1) is 11.2. The van der Waals surface area contributed by atoms with Crippen LogP contribution in [0.2, 0.25) is 0 Å². The van der Waals surface area contributed by atoms with E-state index >= 15 is 0 Å². The van der Waals surface area contributed by atoms with E-state index in [-0.39, 0.29) is 5.56 Å². The molecule has 0 aliphatic rings. The number of hydrogen-bond donors (Lipinski definition) is 1. The van der Waals surface area contributed by atoms with Crippen LogP contribution < -0.4 is 20.3 Å². The Morgan fingerprint density at radius 1 is 1.26 bits per heavy atom. The fourth-order valence-electron chi connectivity index (χ4n) is 2.14. The van der Waals surface area contributed by atoms with Gasteiger partial charge in [-0.05, 0) is 6.07 Å². The molecule has 0 bridgehead atoms. The van der Waals surface area contributed by atoms with Crippen molar-refractivity contribution >= 4 is 21.4 Å². The second-order valence-corrected chi connectivity index (χ2v) is 5.61. The van der Waals surface area contributed by atoms with Crippen molar-refractivity contribution < 1.29 is 9.47 Å². The molecular formula is C14H15N5O3S. The Morgan fingerprint density at radius 2 is 2.09 bits per heavy atom. The molecule has 120 valence electrons. The Bertz CT molecular complexity index is 905. The van der Waals surface area contributed by atoms with Gasteiger partial charge in [-0.25, -0.2) is 0 Å². The first-order valence-corrected chi connectivity index (χ1v) is 7.62. The van der Waals surface area contributed by atoms with Gasteiger partial charge >= 0.3 is 0 Å². The Balaban J connectivity index is 2.01. The molecular weight excluding hydrogens is 318 g/mol. The van der Waals surface area contributed by atoms with E-state index in [0.717, 1.165) is 5.56 Å². The van der Waals surface area contributed by atoms with Crippen LogP contribution in [0.4, 0.5) is 5.13 Å². The number of anilines is 1. The van der Waals surface area contributed by atoms with Crippen molar-refractivity contribution in [1.29, 1.82) is 0 Å². The number of ether oxygens (including phenoxy) is 2. The highest BCUT2D eigenvalue weighted by Crippen LogP contribution is 2.25. The molecule has 1 N–H and O–H groups in total. The van der Waals surface area contributed by atoms with Gasteiger partial charge in [0.05, 0.1) is 14.2 Å². The van der Waals surface area contributed by atoms with Crippen molar-refractivity contribution in [2.24, 2.45) is 0 Å². The molecule has 0 spiro atoms. The van der Waals surface area contributed by atoms with E-state index in [0.29, 0.717) is 33.7 Å². The molecule has 3 aromatic rings. The summed E-state index contributed by atoms with van der Waals surface area (Å²) in [6, 6.07) is 5.41. The highest BCUT2D eigenvalue weighted by Gasteiger charge is 2.14. The van der Waals surface area contributed by atoms with Gasteiger partial charge in [0.25, 0.3) is 5.56 Å². The van der Waals surface area contributed by atoms with Crippen LogP contribution in [0.5, 0.6) is 11.5 Å². The molecule has 1 aromatic carbocycles. The summed E-state index contributed by atoms with van der Waals surface area (Å²) in [4.78, 5) is 12.9. The number of fused-ring (bicyclic) bond motifs is 1. The fraction of sp³-hybridized carbons (Fsp3) is 0.286. The number of aromatic nitrogens is 4. The third-order valence-corrected chi connectivity index (χ3v) is 4.24. The molecule has 0 unspecified atom stereocenters. The Labute approximate surface area is 135 Å². The summed E-state index contributed by atoms with van der Waals surface area (Å²) in [5.41, 5.74) is 0.841. The standard InChI is InChI=1S/C14H15N5O3S/c1-15-13-18-19-12(20)10(16-17-14(19)23-13)6-8-4-5-9(21-2)7-11(8)22-3/h4-5,7H,6H2,1-3H3,(H,15,18). The summed E-state index contributed by atoms with van der Waals surface area (Å²) in [5.74, 6) is 1.31. The van der Waals surface area contributed by atoms with Crippen LogP contribution in [0.25, 0.3) is 4.96 Å². The lowest BCUT2D eigenvalue weighted by molar-refractivity contribution is 0.391. The first kappa shape index (κ1) is 15.2. The molecule has 8 nitrogen and oxygen atoms in total. The predicted molar refractivity (Wildman–Crippen MR) is 86.8 cm³/mol. The second-order valence-electron chi connectivity index (χ2n) is 4.66. The molecule has 3 rings (SSSR count). The molecule has 2 aromatic heterocycles. The van der Waals surface area contributed by atoms with Gasteiger partial charge in [0.15, 0.2) is 0 Å². The summed E-state index contributed by atoms with van der Waals surface area (Å²) >= 11 is 1.26. The zero-order valence-electron chi connectivity index (χ0n) is 12.9. The van der Waals surface area contributed by atoms with Crippen LogP contribution in [-0.4, -0.2) is 41.1 Å². The quantitative estimate of drug-likeness (QED) is 0.750. The molecule has 23 heavy (non-hydrogen) atoms. The summed E-state index contributed by atoms with van der Waals surface area (Å²) in [6.45, 7) is 0. The van der Waals surface area contributed by atoms with Crippen LogP contribution in [0.3, 0.4) is 0 Å². The van der Waals surface area contributed by atoms with Crippen molar-refractivity contribution in [2.75, 3.05) is 26.6 Å². The highest BCUT2D eigenvalue weighted by atomic mass is 32.1. The summed E-state index contributed by atoms with van der Waals surface area (Å²) in [5, 5.41) is 15.8. The normalized spacial score (nSPS) is 10.7. The lowest BCUT2D eigenvalue weighted by Gasteiger charge is -2.09. The van der Waals surface area contributed by atoms with E-state index in [2.05, 4.69) is 20.6 Å². The fourth-order valence-corrected chi connectivity index (χ4v) is 2.83. The van der Waals surface area contributed by atoms with Crippen molar-refractivity contribution in [3.63, 3.8) is 0 Å². The van der Waals surface area contributed by atoms with Gasteiger partial charge in [-0.2, -0.15) is 4.52 Å². The van der Waals surface area contributed by atoms with Crippen LogP contribution in [0, 0.1) is 0 Å². The maximum absolute atomic E-state index is 12.5. The molecule has 0 saturated carbocycles. The number of nitrogens with one attached hydrogen (secondary N) is 1. The largest absolute Gasteiger partial charge is 0.497 e. The molecule has 0 aliphatic carbocycles. The van der Waals surface area contributed by atoms with Crippen LogP contribution in [0.15, 0.2) is 23.0 Å². The number of hydrogen-bond acceptors (Lipinski definition) is 8. The average Bonchev–Trinajstić information content (AvgIpc) is 3.02. The van der Waals surface area contributed by atoms with E-state index in [1.165, 1.54) is 15.9 Å². The van der Waals surface area contributed by atoms with E-state index in [4.69, 9.17) is 9.47 Å². The van der Waals surface area contributed by atoms with Crippen LogP contribution in [-0.2, 0) is 6.42 Å². The van der Waals surface area contributed by atoms with Gasteiger partial charge < -0.3 is 14.8 Å². The Morgan fingerprint density at radius 3 is 2.78 bits per heavy atom. The minimum atomic E-state index is -0.286. The maximum Gasteiger partial charge on any atom is 0.297 e. The van der Waals surface area contributed by atoms with Gasteiger partial charge in [0, 0.05) is 25.1 Å². The molecule has 0 radical (unpaired) electrons. The van der Waals surface area contributed by atoms with Crippen LogP contribution >= 0.6 is 11.3 Å². The lowest BCUT2D eigenvalue weighted by Crippen LogP contribution is -2.22. The summed E-state index contributed by atoms with van der Waals surface area (Å²) in [6.07, 6.45) is 0.300. The SMILES string of the molecule is CNc1nn2c(=O)c(Cc3ccc(OC)cc3OC)nnc2s1. The molecule has 0 aliphatic heterocycles. The minimum Gasteiger partial charge on any atom is -0.497 e. The molecule has 2 heterocycles. The Hall–Kier alpha value is -2.68. The summed E-state index contributed by atoms with van der Waals surface area (Å²) in [7, 11) is 4.89. The minimum absolute atomic E-state index is 0.286. The lowest BCUT2D eigenvalue weighted by atomic mass is 10.1. The van der Waals surface area contributed by atoms with Gasteiger partial charge in [-0.3, -0.25) is 4.79 Å². The molecule has 0 fully saturated rings. The highest BCUT2D eigenvalue weighted by molar-refractivity contribution is 7.20. The molecule has 0 saturated heterocycles. The zero-order valence-corrected chi connectivity index (χ0v) is 13.7. The topological polar surface area (TPSA) is 90.6 Å². The van der Waals surface area contributed by atoms with Gasteiger partial charge in [-0.15, -0.1) is 15.3 Å². The van der Waals surface area contributed by atoms with E-state index in [9.17, 15) is 4.79 Å². The van der Waals surface area contributed by atoms with Crippen LogP contribution in [0.1, 0.15) is 11.3 Å². The average molecular weight is 333 g/mol. The van der Waals surface area contributed by atoms with Crippen molar-refractivity contribution in [2.45, 2.75) is 6.42 Å². The third-order valence-electron chi connectivity index (χ3n) is 3.32. The molecule has 9 heteroatoms. The van der Waals surface area contributed by atoms with Crippen molar-refractivity contribution in [3.8, 4) is 11.5 Å². The molecule has 0 atom stereocenters. The van der Waals surface area contributed by atoms with E-state index in [1.807, 2.05) is 12.1 Å². The third kappa shape index (κ3) is 2.82. The number of methoxy groups -OCH3 is 2. The number of rotatable bonds is 5. The first-order valence-electron chi connectivity index (χ1n) is 6.80. The van der Waals surface area contributed by atoms with Gasteiger partial charge in [0.2, 0.25) is 10.1 Å². The maximum atomic E-state index is 12.5. The zero-order chi connectivity index (χ0) is 16.4. The second kappa shape index (κ2) is 6.21. The number of benzene rings is 1. The smallest absolute Gasteiger partial charge is 0.297 e. The van der Waals surface area contributed by atoms with Gasteiger partial charge in [-0.1, -0.05) is 17.4 Å².